The van der Waals surface area contributed by atoms with Gasteiger partial charge in [-0.2, -0.15) is 5.10 Å². The van der Waals surface area contributed by atoms with Crippen molar-refractivity contribution in [3.63, 3.8) is 0 Å². The van der Waals surface area contributed by atoms with Crippen LogP contribution in [0.4, 0.5) is 0 Å². The summed E-state index contributed by atoms with van der Waals surface area (Å²) in [6.45, 7) is 4.66. The predicted molar refractivity (Wildman–Crippen MR) is 70.4 cm³/mol. The molecular formula is C14H16N2O2. The molecule has 1 aromatic heterocycles. The molecule has 0 fully saturated rings. The zero-order valence-corrected chi connectivity index (χ0v) is 10.5. The zero-order valence-electron chi connectivity index (χ0n) is 10.5. The molecule has 1 heterocycles. The second-order valence-electron chi connectivity index (χ2n) is 4.68. The number of aromatic nitrogens is 2. The summed E-state index contributed by atoms with van der Waals surface area (Å²) < 4.78 is 1.46. The van der Waals surface area contributed by atoms with Crippen LogP contribution in [0.1, 0.15) is 13.8 Å². The molecule has 4 heteroatoms. The maximum absolute atomic E-state index is 11.7. The van der Waals surface area contributed by atoms with Gasteiger partial charge in [-0.15, -0.1) is 0 Å². The average molecular weight is 244 g/mol. The molecule has 0 saturated carbocycles. The van der Waals surface area contributed by atoms with Gasteiger partial charge in [0.05, 0.1) is 5.69 Å². The third-order valence-electron chi connectivity index (χ3n) is 2.55. The largest absolute Gasteiger partial charge is 0.508 e. The smallest absolute Gasteiger partial charge is 0.266 e. The van der Waals surface area contributed by atoms with Crippen LogP contribution in [-0.4, -0.2) is 14.9 Å². The number of hydrogen-bond acceptors (Lipinski definition) is 3. The van der Waals surface area contributed by atoms with Gasteiger partial charge in [-0.1, -0.05) is 26.0 Å². The molecule has 94 valence electrons. The highest BCUT2D eigenvalue weighted by Gasteiger charge is 2.05. The van der Waals surface area contributed by atoms with Crippen LogP contribution >= 0.6 is 0 Å². The van der Waals surface area contributed by atoms with E-state index in [2.05, 4.69) is 5.10 Å². The van der Waals surface area contributed by atoms with Gasteiger partial charge in [-0.3, -0.25) is 4.79 Å². The Morgan fingerprint density at radius 2 is 2.06 bits per heavy atom. The second-order valence-corrected chi connectivity index (χ2v) is 4.68. The van der Waals surface area contributed by atoms with E-state index in [9.17, 15) is 9.90 Å². The Labute approximate surface area is 106 Å². The van der Waals surface area contributed by atoms with E-state index in [1.807, 2.05) is 19.9 Å². The van der Waals surface area contributed by atoms with E-state index in [4.69, 9.17) is 0 Å². The Bertz CT molecular complexity index is 603. The van der Waals surface area contributed by atoms with Crippen LogP contribution in [0.2, 0.25) is 0 Å². The van der Waals surface area contributed by atoms with E-state index in [0.717, 1.165) is 5.56 Å². The number of phenolic OH excluding ortho intramolecular Hbond substituents is 1. The number of rotatable bonds is 3. The number of hydrogen-bond donors (Lipinski definition) is 1. The highest BCUT2D eigenvalue weighted by molar-refractivity contribution is 5.60. The van der Waals surface area contributed by atoms with E-state index in [-0.39, 0.29) is 11.3 Å². The Kier molecular flexibility index (Phi) is 3.46. The molecular weight excluding hydrogens is 228 g/mol. The van der Waals surface area contributed by atoms with Gasteiger partial charge in [0.2, 0.25) is 0 Å². The lowest BCUT2D eigenvalue weighted by atomic mass is 10.1. The van der Waals surface area contributed by atoms with Crippen molar-refractivity contribution in [2.45, 2.75) is 20.4 Å². The second kappa shape index (κ2) is 5.04. The number of benzene rings is 1. The van der Waals surface area contributed by atoms with Gasteiger partial charge in [0.15, 0.2) is 0 Å². The molecule has 1 aromatic carbocycles. The van der Waals surface area contributed by atoms with E-state index in [1.165, 1.54) is 10.7 Å². The van der Waals surface area contributed by atoms with Gasteiger partial charge in [-0.05, 0) is 24.1 Å². The minimum atomic E-state index is -0.104. The first-order valence-corrected chi connectivity index (χ1v) is 5.94. The summed E-state index contributed by atoms with van der Waals surface area (Å²) in [5.41, 5.74) is 1.38. The topological polar surface area (TPSA) is 55.1 Å². The van der Waals surface area contributed by atoms with Crippen molar-refractivity contribution in [1.29, 1.82) is 0 Å². The maximum atomic E-state index is 11.7. The molecule has 0 unspecified atom stereocenters. The third-order valence-corrected chi connectivity index (χ3v) is 2.55. The Morgan fingerprint density at radius 3 is 2.72 bits per heavy atom. The van der Waals surface area contributed by atoms with Crippen LogP contribution in [0.15, 0.2) is 41.2 Å². The van der Waals surface area contributed by atoms with Crippen molar-refractivity contribution in [3.05, 3.63) is 46.8 Å². The number of nitrogens with zero attached hydrogens (tertiary/aromatic N) is 2. The third kappa shape index (κ3) is 2.77. The van der Waals surface area contributed by atoms with Gasteiger partial charge in [0.25, 0.3) is 5.56 Å². The monoisotopic (exact) mass is 244 g/mol. The first-order valence-electron chi connectivity index (χ1n) is 5.94. The summed E-state index contributed by atoms with van der Waals surface area (Å²) in [7, 11) is 0. The first kappa shape index (κ1) is 12.4. The van der Waals surface area contributed by atoms with Gasteiger partial charge in [0.1, 0.15) is 5.75 Å². The lowest BCUT2D eigenvalue weighted by Crippen LogP contribution is -2.24. The number of aromatic hydroxyl groups is 1. The van der Waals surface area contributed by atoms with E-state index >= 15 is 0 Å². The SMILES string of the molecule is CC(C)Cn1nc(-c2cccc(O)c2)ccc1=O. The molecule has 0 saturated heterocycles. The minimum absolute atomic E-state index is 0.104. The van der Waals surface area contributed by atoms with E-state index < -0.39 is 0 Å². The van der Waals surface area contributed by atoms with Gasteiger partial charge in [0, 0.05) is 18.2 Å². The average Bonchev–Trinajstić information content (AvgIpc) is 2.31. The molecule has 0 bridgehead atoms. The summed E-state index contributed by atoms with van der Waals surface area (Å²) in [6.07, 6.45) is 0. The Balaban J connectivity index is 2.43. The quantitative estimate of drug-likeness (QED) is 0.901. The fraction of sp³-hybridized carbons (Fsp3) is 0.286. The molecule has 0 spiro atoms. The minimum Gasteiger partial charge on any atom is -0.508 e. The Hall–Kier alpha value is -2.10. The zero-order chi connectivity index (χ0) is 13.1. The van der Waals surface area contributed by atoms with Gasteiger partial charge >= 0.3 is 0 Å². The maximum Gasteiger partial charge on any atom is 0.266 e. The summed E-state index contributed by atoms with van der Waals surface area (Å²) in [4.78, 5) is 11.7. The lowest BCUT2D eigenvalue weighted by molar-refractivity contribution is 0.464. The van der Waals surface area contributed by atoms with Gasteiger partial charge in [-0.25, -0.2) is 4.68 Å². The Morgan fingerprint density at radius 1 is 1.28 bits per heavy atom. The molecule has 1 N–H and O–H groups in total. The number of phenols is 1. The summed E-state index contributed by atoms with van der Waals surface area (Å²) in [5, 5.41) is 13.8. The van der Waals surface area contributed by atoms with Crippen LogP contribution in [0.5, 0.6) is 5.75 Å². The van der Waals surface area contributed by atoms with Crippen LogP contribution in [0, 0.1) is 5.92 Å². The summed E-state index contributed by atoms with van der Waals surface area (Å²) >= 11 is 0. The summed E-state index contributed by atoms with van der Waals surface area (Å²) in [6, 6.07) is 10.0. The summed E-state index contributed by atoms with van der Waals surface area (Å²) in [5.74, 6) is 0.547. The molecule has 0 aliphatic rings. The van der Waals surface area contributed by atoms with E-state index in [1.54, 1.807) is 24.3 Å². The van der Waals surface area contributed by atoms with Crippen LogP contribution in [0.25, 0.3) is 11.3 Å². The van der Waals surface area contributed by atoms with Gasteiger partial charge < -0.3 is 5.11 Å². The fourth-order valence-corrected chi connectivity index (χ4v) is 1.74. The van der Waals surface area contributed by atoms with Crippen molar-refractivity contribution in [2.75, 3.05) is 0 Å². The van der Waals surface area contributed by atoms with Crippen molar-refractivity contribution in [3.8, 4) is 17.0 Å². The molecule has 4 nitrogen and oxygen atoms in total. The molecule has 0 atom stereocenters. The van der Waals surface area contributed by atoms with Crippen molar-refractivity contribution in [2.24, 2.45) is 5.92 Å². The molecule has 0 aliphatic carbocycles. The normalized spacial score (nSPS) is 10.8. The standard InChI is InChI=1S/C14H16N2O2/c1-10(2)9-16-14(18)7-6-13(15-16)11-4-3-5-12(17)8-11/h3-8,10,17H,9H2,1-2H3. The van der Waals surface area contributed by atoms with Crippen LogP contribution in [-0.2, 0) is 6.54 Å². The highest BCUT2D eigenvalue weighted by atomic mass is 16.3. The van der Waals surface area contributed by atoms with Crippen LogP contribution < -0.4 is 5.56 Å². The molecule has 2 rings (SSSR count). The molecule has 0 aliphatic heterocycles. The first-order chi connectivity index (χ1) is 8.56. The predicted octanol–water partition coefficient (Wildman–Crippen LogP) is 2.27. The van der Waals surface area contributed by atoms with Crippen LogP contribution in [0.3, 0.4) is 0 Å². The molecule has 0 radical (unpaired) electrons. The molecule has 2 aromatic rings. The van der Waals surface area contributed by atoms with E-state index in [0.29, 0.717) is 18.2 Å². The molecule has 18 heavy (non-hydrogen) atoms. The fourth-order valence-electron chi connectivity index (χ4n) is 1.74. The lowest BCUT2D eigenvalue weighted by Gasteiger charge is -2.09. The highest BCUT2D eigenvalue weighted by Crippen LogP contribution is 2.20. The van der Waals surface area contributed by atoms with Crippen molar-refractivity contribution in [1.82, 2.24) is 9.78 Å². The van der Waals surface area contributed by atoms with Crippen molar-refractivity contribution >= 4 is 0 Å². The molecule has 0 amide bonds. The van der Waals surface area contributed by atoms with Crippen molar-refractivity contribution < 1.29 is 5.11 Å².